The first-order valence-electron chi connectivity index (χ1n) is 14.3. The number of carbonyl (C=O) groups excluding carboxylic acids is 2. The van der Waals surface area contributed by atoms with Crippen LogP contribution in [0.15, 0.2) is 6.07 Å². The first-order chi connectivity index (χ1) is 21.7. The summed E-state index contributed by atoms with van der Waals surface area (Å²) in [6, 6.07) is -1.40. The number of carbonyl (C=O) groups is 2. The zero-order valence-electron chi connectivity index (χ0n) is 25.0. The first-order valence-corrected chi connectivity index (χ1v) is 15.4. The number of methoxy groups -OCH3 is 1. The first kappa shape index (κ1) is 32.4. The van der Waals surface area contributed by atoms with Crippen molar-refractivity contribution >= 4 is 46.9 Å². The predicted octanol–water partition coefficient (Wildman–Crippen LogP) is 4.15. The highest BCUT2D eigenvalue weighted by Crippen LogP contribution is 2.61. The van der Waals surface area contributed by atoms with E-state index in [4.69, 9.17) is 58.5 Å². The number of esters is 1. The summed E-state index contributed by atoms with van der Waals surface area (Å²) in [7, 11) is 1.39. The van der Waals surface area contributed by atoms with Crippen LogP contribution < -0.4 is 14.2 Å². The molecule has 2 aromatic carbocycles. The molecule has 1 saturated heterocycles. The Labute approximate surface area is 278 Å². The van der Waals surface area contributed by atoms with E-state index in [0.29, 0.717) is 16.7 Å². The summed E-state index contributed by atoms with van der Waals surface area (Å²) in [6.07, 6.45) is -2.49. The minimum Gasteiger partial charge on any atom is -0.507 e. The maximum Gasteiger partial charge on any atom is 0.410 e. The number of hydrogen-bond donors (Lipinski definition) is 3. The van der Waals surface area contributed by atoms with Crippen molar-refractivity contribution in [2.45, 2.75) is 67.3 Å². The summed E-state index contributed by atoms with van der Waals surface area (Å²) >= 11 is 17.7. The second-order valence-electron chi connectivity index (χ2n) is 11.6. The number of rotatable bonds is 4. The molecule has 16 heteroatoms. The van der Waals surface area contributed by atoms with Crippen molar-refractivity contribution in [2.24, 2.45) is 0 Å². The molecule has 0 aliphatic carbocycles. The second-order valence-corrected chi connectivity index (χ2v) is 14.1. The average molecular weight is 699 g/mol. The van der Waals surface area contributed by atoms with Gasteiger partial charge in [-0.1, -0.05) is 40.9 Å². The standard InChI is InChI=1S/C30H30Cl3N3O10/c1-11-5-14-6-15-16(7-34)35-17(8-43-13(3)37)19-20(23(38)12(2)27-28(19)46-10-45-27)24(39)22(35)21(18(14)25(40)26(11)42-4)36(15)29(41)44-9-30(31,32)33/h5,15-17,21-22,24,38-40H,6,8-10H2,1-4H3/t15?,16?,17?,21?,22-,24?/m1/s1. The molecule has 4 heterocycles. The van der Waals surface area contributed by atoms with E-state index in [2.05, 4.69) is 6.07 Å². The third-order valence-electron chi connectivity index (χ3n) is 9.06. The van der Waals surface area contributed by atoms with E-state index in [1.165, 1.54) is 18.9 Å². The van der Waals surface area contributed by atoms with E-state index in [9.17, 15) is 30.2 Å². The molecule has 5 unspecified atom stereocenters. The molecule has 6 atom stereocenters. The largest absolute Gasteiger partial charge is 0.507 e. The van der Waals surface area contributed by atoms with Crippen LogP contribution in [0.5, 0.6) is 28.7 Å². The third kappa shape index (κ3) is 4.89. The number of phenols is 2. The van der Waals surface area contributed by atoms with Crippen molar-refractivity contribution in [3.63, 3.8) is 0 Å². The van der Waals surface area contributed by atoms with Crippen LogP contribution in [0.25, 0.3) is 0 Å². The highest BCUT2D eigenvalue weighted by molar-refractivity contribution is 6.67. The number of aliphatic hydroxyl groups is 1. The molecule has 2 bridgehead atoms. The summed E-state index contributed by atoms with van der Waals surface area (Å²) in [5.41, 5.74) is 2.06. The molecule has 2 aromatic rings. The van der Waals surface area contributed by atoms with Gasteiger partial charge in [0, 0.05) is 29.2 Å². The molecule has 0 spiro atoms. The van der Waals surface area contributed by atoms with Crippen LogP contribution in [0, 0.1) is 25.2 Å². The van der Waals surface area contributed by atoms with E-state index in [0.717, 1.165) is 0 Å². The number of hydrogen-bond acceptors (Lipinski definition) is 12. The minimum atomic E-state index is -1.95. The highest BCUT2D eigenvalue weighted by Gasteiger charge is 2.62. The number of aryl methyl sites for hydroxylation is 1. The van der Waals surface area contributed by atoms with Crippen molar-refractivity contribution < 1.29 is 48.6 Å². The summed E-state index contributed by atoms with van der Waals surface area (Å²) in [4.78, 5) is 28.9. The smallest absolute Gasteiger partial charge is 0.410 e. The number of amides is 1. The zero-order valence-corrected chi connectivity index (χ0v) is 27.3. The Balaban J connectivity index is 1.64. The van der Waals surface area contributed by atoms with Gasteiger partial charge in [-0.05, 0) is 31.4 Å². The SMILES string of the molecule is COc1c(C)cc2c(c1O)C1[C@@H]3C(O)c4c(O)c(C)c5c(c4C(COC(C)=O)N3C(C#N)C(C2)N1C(=O)OCC(Cl)(Cl)Cl)OCO5. The second kappa shape index (κ2) is 11.6. The highest BCUT2D eigenvalue weighted by atomic mass is 35.6. The Morgan fingerprint density at radius 2 is 1.80 bits per heavy atom. The summed E-state index contributed by atoms with van der Waals surface area (Å²) in [6.45, 7) is 3.46. The summed E-state index contributed by atoms with van der Waals surface area (Å²) in [5, 5.41) is 46.2. The number of fused-ring (bicyclic) bond motifs is 9. The number of phenolic OH excluding ortho intramolecular Hbond substituents is 2. The van der Waals surface area contributed by atoms with Gasteiger partial charge in [-0.15, -0.1) is 0 Å². The fourth-order valence-electron chi connectivity index (χ4n) is 7.43. The van der Waals surface area contributed by atoms with Crippen LogP contribution in [0.1, 0.15) is 58.5 Å². The number of piperazine rings is 1. The van der Waals surface area contributed by atoms with Gasteiger partial charge in [0.2, 0.25) is 10.6 Å². The number of benzene rings is 2. The Bertz CT molecular complexity index is 1680. The van der Waals surface area contributed by atoms with Crippen LogP contribution in [0.3, 0.4) is 0 Å². The van der Waals surface area contributed by atoms with Gasteiger partial charge in [0.1, 0.15) is 31.1 Å². The lowest BCUT2D eigenvalue weighted by Gasteiger charge is -2.60. The molecule has 246 valence electrons. The van der Waals surface area contributed by atoms with E-state index in [1.54, 1.807) is 24.8 Å². The van der Waals surface area contributed by atoms with Crippen molar-refractivity contribution in [2.75, 3.05) is 27.1 Å². The van der Waals surface area contributed by atoms with E-state index < -0.39 is 58.8 Å². The van der Waals surface area contributed by atoms with Gasteiger partial charge in [0.15, 0.2) is 23.0 Å². The summed E-state index contributed by atoms with van der Waals surface area (Å²) in [5.74, 6) is -0.573. The van der Waals surface area contributed by atoms with Crippen molar-refractivity contribution in [1.29, 1.82) is 5.26 Å². The molecule has 1 fully saturated rings. The lowest BCUT2D eigenvalue weighted by atomic mass is 9.70. The van der Waals surface area contributed by atoms with Gasteiger partial charge in [-0.3, -0.25) is 14.6 Å². The van der Waals surface area contributed by atoms with E-state index >= 15 is 0 Å². The average Bonchev–Trinajstić information content (AvgIpc) is 3.47. The Morgan fingerprint density at radius 3 is 2.43 bits per heavy atom. The van der Waals surface area contributed by atoms with Gasteiger partial charge >= 0.3 is 12.1 Å². The monoisotopic (exact) mass is 697 g/mol. The number of nitrogens with zero attached hydrogens (tertiary/aromatic N) is 3. The van der Waals surface area contributed by atoms with Crippen LogP contribution in [0.4, 0.5) is 4.79 Å². The number of ether oxygens (including phenoxy) is 5. The molecule has 0 radical (unpaired) electrons. The molecule has 0 aromatic heterocycles. The number of aliphatic hydroxyl groups excluding tert-OH is 1. The van der Waals surface area contributed by atoms with Gasteiger partial charge in [0.05, 0.1) is 37.3 Å². The molecule has 6 rings (SSSR count). The lowest BCUT2D eigenvalue weighted by molar-refractivity contribution is -0.151. The Kier molecular flexibility index (Phi) is 8.18. The number of aromatic hydroxyl groups is 2. The van der Waals surface area contributed by atoms with Crippen LogP contribution >= 0.6 is 34.8 Å². The Morgan fingerprint density at radius 1 is 1.11 bits per heavy atom. The molecular weight excluding hydrogens is 669 g/mol. The minimum absolute atomic E-state index is 0.0376. The molecule has 0 saturated carbocycles. The molecular formula is C30H30Cl3N3O10. The molecule has 4 aliphatic heterocycles. The topological polar surface area (TPSA) is 171 Å². The lowest BCUT2D eigenvalue weighted by Crippen LogP contribution is -2.71. The van der Waals surface area contributed by atoms with E-state index in [1.807, 2.05) is 0 Å². The fraction of sp³-hybridized carbons (Fsp3) is 0.500. The Hall–Kier alpha value is -3.54. The number of alkyl halides is 3. The van der Waals surface area contributed by atoms with Crippen LogP contribution in [-0.4, -0.2) is 86.2 Å². The molecule has 3 N–H and O–H groups in total. The van der Waals surface area contributed by atoms with Crippen LogP contribution in [-0.2, 0) is 20.7 Å². The van der Waals surface area contributed by atoms with Gasteiger partial charge in [-0.2, -0.15) is 5.26 Å². The quantitative estimate of drug-likeness (QED) is 0.308. The van der Waals surface area contributed by atoms with Gasteiger partial charge in [-0.25, -0.2) is 4.79 Å². The van der Waals surface area contributed by atoms with Crippen LogP contribution in [0.2, 0.25) is 0 Å². The zero-order chi connectivity index (χ0) is 33.4. The molecule has 13 nitrogen and oxygen atoms in total. The van der Waals surface area contributed by atoms with E-state index in [-0.39, 0.29) is 65.3 Å². The number of nitriles is 1. The van der Waals surface area contributed by atoms with Gasteiger partial charge < -0.3 is 39.0 Å². The normalized spacial score (nSPS) is 25.9. The van der Waals surface area contributed by atoms with Crippen molar-refractivity contribution in [3.05, 3.63) is 39.4 Å². The molecule has 1 amide bonds. The maximum atomic E-state index is 13.9. The fourth-order valence-corrected chi connectivity index (χ4v) is 7.59. The van der Waals surface area contributed by atoms with Crippen molar-refractivity contribution in [1.82, 2.24) is 9.80 Å². The third-order valence-corrected chi connectivity index (χ3v) is 9.39. The predicted molar refractivity (Wildman–Crippen MR) is 161 cm³/mol. The van der Waals surface area contributed by atoms with Crippen molar-refractivity contribution in [3.8, 4) is 34.8 Å². The number of halogens is 3. The molecule has 46 heavy (non-hydrogen) atoms. The summed E-state index contributed by atoms with van der Waals surface area (Å²) < 4.78 is 25.9. The van der Waals surface area contributed by atoms with Gasteiger partial charge in [0.25, 0.3) is 0 Å². The molecule has 4 aliphatic rings. The maximum absolute atomic E-state index is 13.9.